The summed E-state index contributed by atoms with van der Waals surface area (Å²) >= 11 is 12.2. The summed E-state index contributed by atoms with van der Waals surface area (Å²) in [5.41, 5.74) is 1.49. The van der Waals surface area contributed by atoms with Crippen LogP contribution in [-0.2, 0) is 0 Å². The normalized spacial score (nSPS) is 10.2. The maximum absolute atomic E-state index is 6.14. The van der Waals surface area contributed by atoms with E-state index in [0.29, 0.717) is 15.8 Å². The molecule has 3 nitrogen and oxygen atoms in total. The lowest BCUT2D eigenvalue weighted by Gasteiger charge is -2.08. The summed E-state index contributed by atoms with van der Waals surface area (Å²) in [6, 6.07) is 5.34. The van der Waals surface area contributed by atoms with Gasteiger partial charge in [0.1, 0.15) is 17.1 Å². The number of ether oxygens (including phenoxy) is 1. The van der Waals surface area contributed by atoms with Crippen LogP contribution in [-0.4, -0.2) is 17.1 Å². The Morgan fingerprint density at radius 2 is 1.94 bits per heavy atom. The van der Waals surface area contributed by atoms with E-state index in [0.717, 1.165) is 11.3 Å². The first-order valence-corrected chi connectivity index (χ1v) is 5.28. The Kier molecular flexibility index (Phi) is 3.27. The fraction of sp³-hybridized carbons (Fsp3) is 0.0909. The average molecular weight is 255 g/mol. The Morgan fingerprint density at radius 3 is 2.56 bits per heavy atom. The molecule has 0 radical (unpaired) electrons. The zero-order chi connectivity index (χ0) is 11.5. The van der Waals surface area contributed by atoms with Crippen LogP contribution in [0.25, 0.3) is 11.3 Å². The molecule has 0 atom stereocenters. The molecule has 0 aliphatic rings. The third kappa shape index (κ3) is 1.96. The van der Waals surface area contributed by atoms with Crippen molar-refractivity contribution in [2.45, 2.75) is 0 Å². The number of hydrogen-bond acceptors (Lipinski definition) is 3. The zero-order valence-corrected chi connectivity index (χ0v) is 9.96. The molecule has 0 bridgehead atoms. The quantitative estimate of drug-likeness (QED) is 0.824. The average Bonchev–Trinajstić information content (AvgIpc) is 2.34. The van der Waals surface area contributed by atoms with Gasteiger partial charge in [0.25, 0.3) is 0 Å². The molecule has 0 aliphatic carbocycles. The summed E-state index contributed by atoms with van der Waals surface area (Å²) in [6.45, 7) is 0. The predicted molar refractivity (Wildman–Crippen MR) is 64.0 cm³/mol. The van der Waals surface area contributed by atoms with Crippen LogP contribution in [0.1, 0.15) is 0 Å². The number of rotatable bonds is 2. The van der Waals surface area contributed by atoms with Crippen molar-refractivity contribution in [3.63, 3.8) is 0 Å². The van der Waals surface area contributed by atoms with Crippen LogP contribution < -0.4 is 4.74 Å². The standard InChI is InChI=1S/C11H8Cl2N2O/c1-16-9-3-2-7(10(12)11(9)13)8-4-5-14-6-15-8/h2-6H,1H3. The van der Waals surface area contributed by atoms with E-state index in [2.05, 4.69) is 9.97 Å². The van der Waals surface area contributed by atoms with E-state index in [4.69, 9.17) is 27.9 Å². The van der Waals surface area contributed by atoms with Gasteiger partial charge in [-0.1, -0.05) is 23.2 Å². The fourth-order valence-corrected chi connectivity index (χ4v) is 1.83. The van der Waals surface area contributed by atoms with Crippen LogP contribution >= 0.6 is 23.2 Å². The Hall–Kier alpha value is -1.32. The van der Waals surface area contributed by atoms with Crippen molar-refractivity contribution < 1.29 is 4.74 Å². The van der Waals surface area contributed by atoms with Crippen molar-refractivity contribution in [3.05, 3.63) is 40.8 Å². The molecule has 1 heterocycles. The summed E-state index contributed by atoms with van der Waals surface area (Å²) in [6.07, 6.45) is 3.11. The molecule has 0 spiro atoms. The molecule has 0 fully saturated rings. The lowest BCUT2D eigenvalue weighted by Crippen LogP contribution is -1.89. The molecule has 0 unspecified atom stereocenters. The van der Waals surface area contributed by atoms with E-state index < -0.39 is 0 Å². The first-order valence-electron chi connectivity index (χ1n) is 4.52. The topological polar surface area (TPSA) is 35.0 Å². The van der Waals surface area contributed by atoms with Crippen LogP contribution in [0.4, 0.5) is 0 Å². The molecule has 1 aromatic heterocycles. The number of hydrogen-bond donors (Lipinski definition) is 0. The summed E-state index contributed by atoms with van der Waals surface area (Å²) in [5.74, 6) is 0.546. The molecule has 0 saturated heterocycles. The molecule has 0 saturated carbocycles. The van der Waals surface area contributed by atoms with Gasteiger partial charge in [-0.05, 0) is 18.2 Å². The van der Waals surface area contributed by atoms with Gasteiger partial charge < -0.3 is 4.74 Å². The molecule has 1 aromatic carbocycles. The van der Waals surface area contributed by atoms with Crippen molar-refractivity contribution in [1.29, 1.82) is 0 Å². The van der Waals surface area contributed by atoms with Crippen LogP contribution in [0, 0.1) is 0 Å². The van der Waals surface area contributed by atoms with Gasteiger partial charge in [-0.3, -0.25) is 0 Å². The van der Waals surface area contributed by atoms with Gasteiger partial charge in [-0.2, -0.15) is 0 Å². The Balaban J connectivity index is 2.56. The fourth-order valence-electron chi connectivity index (χ4n) is 1.34. The summed E-state index contributed by atoms with van der Waals surface area (Å²) in [4.78, 5) is 7.96. The molecule has 5 heteroatoms. The minimum Gasteiger partial charge on any atom is -0.495 e. The monoisotopic (exact) mass is 254 g/mol. The van der Waals surface area contributed by atoms with Crippen molar-refractivity contribution in [1.82, 2.24) is 9.97 Å². The second-order valence-electron chi connectivity index (χ2n) is 3.04. The number of benzene rings is 1. The number of aromatic nitrogens is 2. The van der Waals surface area contributed by atoms with Crippen LogP contribution in [0.15, 0.2) is 30.7 Å². The second kappa shape index (κ2) is 4.68. The molecule has 82 valence electrons. The first-order chi connectivity index (χ1) is 7.74. The van der Waals surface area contributed by atoms with Crippen molar-refractivity contribution in [2.75, 3.05) is 7.11 Å². The van der Waals surface area contributed by atoms with E-state index in [1.165, 1.54) is 6.33 Å². The summed E-state index contributed by atoms with van der Waals surface area (Å²) in [7, 11) is 1.54. The molecule has 2 aromatic rings. The molecular weight excluding hydrogens is 247 g/mol. The minimum absolute atomic E-state index is 0.389. The molecule has 2 rings (SSSR count). The molecular formula is C11H8Cl2N2O. The van der Waals surface area contributed by atoms with Gasteiger partial charge in [0.15, 0.2) is 0 Å². The van der Waals surface area contributed by atoms with Crippen LogP contribution in [0.2, 0.25) is 10.0 Å². The highest BCUT2D eigenvalue weighted by molar-refractivity contribution is 6.44. The van der Waals surface area contributed by atoms with Gasteiger partial charge in [0.05, 0.1) is 17.8 Å². The van der Waals surface area contributed by atoms with Gasteiger partial charge in [0, 0.05) is 11.8 Å². The highest BCUT2D eigenvalue weighted by atomic mass is 35.5. The first kappa shape index (κ1) is 11.2. The van der Waals surface area contributed by atoms with Crippen molar-refractivity contribution >= 4 is 23.2 Å². The van der Waals surface area contributed by atoms with Crippen LogP contribution in [0.5, 0.6) is 5.75 Å². The van der Waals surface area contributed by atoms with E-state index in [1.807, 2.05) is 6.07 Å². The lowest BCUT2D eigenvalue weighted by atomic mass is 10.1. The third-order valence-electron chi connectivity index (χ3n) is 2.12. The molecule has 0 aliphatic heterocycles. The SMILES string of the molecule is COc1ccc(-c2ccncn2)c(Cl)c1Cl. The number of halogens is 2. The number of methoxy groups -OCH3 is 1. The van der Waals surface area contributed by atoms with Gasteiger partial charge in [0.2, 0.25) is 0 Å². The maximum Gasteiger partial charge on any atom is 0.139 e. The highest BCUT2D eigenvalue weighted by Crippen LogP contribution is 2.38. The van der Waals surface area contributed by atoms with Gasteiger partial charge >= 0.3 is 0 Å². The molecule has 16 heavy (non-hydrogen) atoms. The van der Waals surface area contributed by atoms with Crippen molar-refractivity contribution in [3.8, 4) is 17.0 Å². The van der Waals surface area contributed by atoms with Crippen molar-refractivity contribution in [2.24, 2.45) is 0 Å². The smallest absolute Gasteiger partial charge is 0.139 e. The minimum atomic E-state index is 0.389. The lowest BCUT2D eigenvalue weighted by molar-refractivity contribution is 0.415. The Labute approximate surface area is 103 Å². The summed E-state index contributed by atoms with van der Waals surface area (Å²) in [5, 5.41) is 0.819. The van der Waals surface area contributed by atoms with Crippen LogP contribution in [0.3, 0.4) is 0 Å². The second-order valence-corrected chi connectivity index (χ2v) is 3.79. The Bertz CT molecular complexity index is 503. The third-order valence-corrected chi connectivity index (χ3v) is 2.99. The highest BCUT2D eigenvalue weighted by Gasteiger charge is 2.12. The largest absolute Gasteiger partial charge is 0.495 e. The number of nitrogens with zero attached hydrogens (tertiary/aromatic N) is 2. The van der Waals surface area contributed by atoms with Gasteiger partial charge in [-0.15, -0.1) is 0 Å². The zero-order valence-electron chi connectivity index (χ0n) is 8.45. The molecule has 0 amide bonds. The Morgan fingerprint density at radius 1 is 1.12 bits per heavy atom. The van der Waals surface area contributed by atoms with Gasteiger partial charge in [-0.25, -0.2) is 9.97 Å². The predicted octanol–water partition coefficient (Wildman–Crippen LogP) is 3.46. The van der Waals surface area contributed by atoms with E-state index in [9.17, 15) is 0 Å². The van der Waals surface area contributed by atoms with E-state index in [1.54, 1.807) is 25.4 Å². The molecule has 0 N–H and O–H groups in total. The van der Waals surface area contributed by atoms with E-state index >= 15 is 0 Å². The maximum atomic E-state index is 6.14. The summed E-state index contributed by atoms with van der Waals surface area (Å²) < 4.78 is 5.07. The van der Waals surface area contributed by atoms with E-state index in [-0.39, 0.29) is 0 Å².